The molecule has 0 amide bonds. The Bertz CT molecular complexity index is 405. The van der Waals surface area contributed by atoms with Crippen LogP contribution >= 0.6 is 11.6 Å². The van der Waals surface area contributed by atoms with Gasteiger partial charge in [-0.1, -0.05) is 11.6 Å². The van der Waals surface area contributed by atoms with E-state index < -0.39 is 12.7 Å². The van der Waals surface area contributed by atoms with Gasteiger partial charge < -0.3 is 10.2 Å². The van der Waals surface area contributed by atoms with Gasteiger partial charge in [-0.2, -0.15) is 13.2 Å². The largest absolute Gasteiger partial charge is 0.401 e. The zero-order chi connectivity index (χ0) is 13.9. The summed E-state index contributed by atoms with van der Waals surface area (Å²) in [6.07, 6.45) is -3.22. The lowest BCUT2D eigenvalue weighted by atomic mass is 10.1. The summed E-state index contributed by atoms with van der Waals surface area (Å²) in [5.74, 6) is 0.262. The second kappa shape index (κ2) is 6.01. The minimum atomic E-state index is -4.13. The van der Waals surface area contributed by atoms with Gasteiger partial charge in [0.25, 0.3) is 0 Å². The Balaban J connectivity index is 1.78. The first-order valence-corrected chi connectivity index (χ1v) is 6.60. The molecule has 1 aliphatic heterocycles. The first kappa shape index (κ1) is 14.5. The second-order valence-corrected chi connectivity index (χ2v) is 5.26. The van der Waals surface area contributed by atoms with Gasteiger partial charge in [0.15, 0.2) is 0 Å². The van der Waals surface area contributed by atoms with Crippen LogP contribution in [0.15, 0.2) is 24.3 Å². The Morgan fingerprint density at radius 1 is 1.26 bits per heavy atom. The lowest BCUT2D eigenvalue weighted by molar-refractivity contribution is -0.125. The van der Waals surface area contributed by atoms with Gasteiger partial charge in [-0.05, 0) is 36.6 Å². The first-order chi connectivity index (χ1) is 8.94. The van der Waals surface area contributed by atoms with Crippen molar-refractivity contribution < 1.29 is 13.2 Å². The summed E-state index contributed by atoms with van der Waals surface area (Å²) in [5.41, 5.74) is 1.07. The summed E-state index contributed by atoms with van der Waals surface area (Å²) >= 11 is 5.82. The number of rotatable bonds is 4. The van der Waals surface area contributed by atoms with E-state index in [9.17, 15) is 13.2 Å². The van der Waals surface area contributed by atoms with Crippen LogP contribution in [0.3, 0.4) is 0 Å². The van der Waals surface area contributed by atoms with Gasteiger partial charge in [0.2, 0.25) is 0 Å². The highest BCUT2D eigenvalue weighted by Crippen LogP contribution is 2.25. The molecule has 1 atom stereocenters. The molecule has 2 nitrogen and oxygen atoms in total. The highest BCUT2D eigenvalue weighted by molar-refractivity contribution is 6.30. The van der Waals surface area contributed by atoms with Crippen LogP contribution in [0.1, 0.15) is 6.42 Å². The summed E-state index contributed by atoms with van der Waals surface area (Å²) in [7, 11) is 0. The predicted octanol–water partition coefficient (Wildman–Crippen LogP) is 3.32. The molecule has 1 aliphatic rings. The number of benzene rings is 1. The van der Waals surface area contributed by atoms with Crippen molar-refractivity contribution in [2.45, 2.75) is 12.6 Å². The number of nitrogens with one attached hydrogen (secondary N) is 1. The molecule has 1 aromatic rings. The third kappa shape index (κ3) is 4.58. The summed E-state index contributed by atoms with van der Waals surface area (Å²) in [5, 5.41) is 3.16. The van der Waals surface area contributed by atoms with Crippen molar-refractivity contribution in [1.29, 1.82) is 0 Å². The lowest BCUT2D eigenvalue weighted by Gasteiger charge is -2.19. The van der Waals surface area contributed by atoms with Crippen LogP contribution in [-0.4, -0.2) is 32.4 Å². The summed E-state index contributed by atoms with van der Waals surface area (Å²) < 4.78 is 36.1. The number of nitrogens with zero attached hydrogens (tertiary/aromatic N) is 1. The van der Waals surface area contributed by atoms with Gasteiger partial charge in [-0.25, -0.2) is 0 Å². The fourth-order valence-electron chi connectivity index (χ4n) is 2.30. The highest BCUT2D eigenvalue weighted by atomic mass is 35.5. The molecule has 1 unspecified atom stereocenters. The standard InChI is InChI=1S/C13H16ClF3N2/c14-11-1-3-12(4-2-11)19-6-5-10(8-19)7-18-9-13(15,16)17/h1-4,10,18H,5-9H2. The van der Waals surface area contributed by atoms with Crippen LogP contribution in [0.25, 0.3) is 0 Å². The van der Waals surface area contributed by atoms with Crippen LogP contribution in [0.2, 0.25) is 5.02 Å². The Morgan fingerprint density at radius 3 is 2.58 bits per heavy atom. The second-order valence-electron chi connectivity index (χ2n) is 4.82. The minimum absolute atomic E-state index is 0.262. The Kier molecular flexibility index (Phi) is 4.58. The third-order valence-electron chi connectivity index (χ3n) is 3.24. The summed E-state index contributed by atoms with van der Waals surface area (Å²) in [4.78, 5) is 2.18. The topological polar surface area (TPSA) is 15.3 Å². The molecule has 19 heavy (non-hydrogen) atoms. The van der Waals surface area contributed by atoms with Crippen LogP contribution in [0.4, 0.5) is 18.9 Å². The zero-order valence-corrected chi connectivity index (χ0v) is 11.1. The van der Waals surface area contributed by atoms with Gasteiger partial charge in [-0.3, -0.25) is 0 Å². The van der Waals surface area contributed by atoms with E-state index in [1.54, 1.807) is 0 Å². The lowest BCUT2D eigenvalue weighted by Crippen LogP contribution is -2.33. The van der Waals surface area contributed by atoms with E-state index in [1.807, 2.05) is 24.3 Å². The van der Waals surface area contributed by atoms with Gasteiger partial charge in [0.05, 0.1) is 6.54 Å². The van der Waals surface area contributed by atoms with Gasteiger partial charge in [0, 0.05) is 30.3 Å². The fraction of sp³-hybridized carbons (Fsp3) is 0.538. The SMILES string of the molecule is FC(F)(F)CNCC1CCN(c2ccc(Cl)cc2)C1. The minimum Gasteiger partial charge on any atom is -0.371 e. The van der Waals surface area contributed by atoms with Crippen molar-refractivity contribution in [3.8, 4) is 0 Å². The summed E-state index contributed by atoms with van der Waals surface area (Å²) in [6, 6.07) is 7.53. The van der Waals surface area contributed by atoms with Gasteiger partial charge in [0.1, 0.15) is 0 Å². The van der Waals surface area contributed by atoms with Crippen molar-refractivity contribution >= 4 is 17.3 Å². The summed E-state index contributed by atoms with van der Waals surface area (Å²) in [6.45, 7) is 1.15. The van der Waals surface area contributed by atoms with E-state index in [-0.39, 0.29) is 5.92 Å². The van der Waals surface area contributed by atoms with Crippen LogP contribution < -0.4 is 10.2 Å². The Morgan fingerprint density at radius 2 is 1.95 bits per heavy atom. The molecule has 0 spiro atoms. The van der Waals surface area contributed by atoms with Crippen LogP contribution in [-0.2, 0) is 0 Å². The molecule has 1 fully saturated rings. The molecule has 1 saturated heterocycles. The number of anilines is 1. The molecule has 2 rings (SSSR count). The molecular weight excluding hydrogens is 277 g/mol. The van der Waals surface area contributed by atoms with E-state index >= 15 is 0 Å². The van der Waals surface area contributed by atoms with Crippen molar-refractivity contribution in [2.75, 3.05) is 31.1 Å². The van der Waals surface area contributed by atoms with E-state index in [0.29, 0.717) is 11.6 Å². The average Bonchev–Trinajstić information content (AvgIpc) is 2.77. The predicted molar refractivity (Wildman–Crippen MR) is 70.7 cm³/mol. The quantitative estimate of drug-likeness (QED) is 0.916. The van der Waals surface area contributed by atoms with Crippen LogP contribution in [0, 0.1) is 5.92 Å². The van der Waals surface area contributed by atoms with Crippen molar-refractivity contribution in [3.63, 3.8) is 0 Å². The van der Waals surface area contributed by atoms with E-state index in [2.05, 4.69) is 10.2 Å². The fourth-order valence-corrected chi connectivity index (χ4v) is 2.43. The maximum absolute atomic E-state index is 12.0. The number of halogens is 4. The first-order valence-electron chi connectivity index (χ1n) is 6.22. The van der Waals surface area contributed by atoms with Crippen molar-refractivity contribution in [2.24, 2.45) is 5.92 Å². The molecule has 1 aromatic carbocycles. The molecule has 1 N–H and O–H groups in total. The number of alkyl halides is 3. The zero-order valence-electron chi connectivity index (χ0n) is 10.4. The van der Waals surface area contributed by atoms with Crippen molar-refractivity contribution in [1.82, 2.24) is 5.32 Å². The molecule has 106 valence electrons. The Hall–Kier alpha value is -0.940. The van der Waals surface area contributed by atoms with Gasteiger partial charge >= 0.3 is 6.18 Å². The van der Waals surface area contributed by atoms with E-state index in [4.69, 9.17) is 11.6 Å². The molecule has 0 saturated carbocycles. The molecule has 0 aliphatic carbocycles. The van der Waals surface area contributed by atoms with E-state index in [0.717, 1.165) is 25.2 Å². The number of hydrogen-bond donors (Lipinski definition) is 1. The van der Waals surface area contributed by atoms with Crippen molar-refractivity contribution in [3.05, 3.63) is 29.3 Å². The molecule has 0 aromatic heterocycles. The molecule has 0 bridgehead atoms. The monoisotopic (exact) mass is 292 g/mol. The van der Waals surface area contributed by atoms with E-state index in [1.165, 1.54) is 0 Å². The highest BCUT2D eigenvalue weighted by Gasteiger charge is 2.28. The maximum atomic E-state index is 12.0. The maximum Gasteiger partial charge on any atom is 0.401 e. The molecular formula is C13H16ClF3N2. The number of hydrogen-bond acceptors (Lipinski definition) is 2. The van der Waals surface area contributed by atoms with Gasteiger partial charge in [-0.15, -0.1) is 0 Å². The van der Waals surface area contributed by atoms with Crippen LogP contribution in [0.5, 0.6) is 0 Å². The molecule has 1 heterocycles. The average molecular weight is 293 g/mol. The third-order valence-corrected chi connectivity index (χ3v) is 3.49. The Labute approximate surface area is 115 Å². The molecule has 0 radical (unpaired) electrons. The molecule has 6 heteroatoms. The normalized spacial score (nSPS) is 20.0. The smallest absolute Gasteiger partial charge is 0.371 e.